The number of hydrogen-bond acceptors (Lipinski definition) is 12. The first-order chi connectivity index (χ1) is 44.5. The Kier molecular flexibility index (Phi) is 14.7. The summed E-state index contributed by atoms with van der Waals surface area (Å²) in [5.41, 5.74) is -4.94. The third-order valence-electron chi connectivity index (χ3n) is 17.0. The molecule has 11 aromatic rings. The highest BCUT2D eigenvalue weighted by atomic mass is 16.5. The van der Waals surface area contributed by atoms with Crippen LogP contribution < -0.4 is 28.7 Å². The Morgan fingerprint density at radius 1 is 0.266 bits per heavy atom. The van der Waals surface area contributed by atoms with Gasteiger partial charge in [0.2, 0.25) is 0 Å². The fourth-order valence-corrected chi connectivity index (χ4v) is 12.6. The van der Waals surface area contributed by atoms with E-state index in [-0.39, 0.29) is 122 Å². The average molecular weight is 1250 g/mol. The Morgan fingerprint density at radius 3 is 0.660 bits per heavy atom. The Hall–Kier alpha value is -11.1. The van der Waals surface area contributed by atoms with Crippen LogP contribution in [0.25, 0.3) is 43.1 Å². The number of para-hydroxylation sites is 6. The normalized spacial score (nSPS) is 13.5. The summed E-state index contributed by atoms with van der Waals surface area (Å²) < 4.78 is 28.5. The number of nitrogens with zero attached hydrogens (tertiary/aromatic N) is 2. The molecular weight excluding hydrogens is 1180 g/mol. The lowest BCUT2D eigenvalue weighted by Crippen LogP contribution is -2.43. The molecule has 0 saturated carbocycles. The molecule has 0 fully saturated rings. The number of amides is 4. The van der Waals surface area contributed by atoms with E-state index < -0.39 is 68.4 Å². The lowest BCUT2D eigenvalue weighted by atomic mass is 9.79. The first-order valence-electron chi connectivity index (χ1n) is 31.0. The predicted molar refractivity (Wildman–Crippen MR) is 364 cm³/mol. The van der Waals surface area contributed by atoms with E-state index in [1.54, 1.807) is 192 Å². The van der Waals surface area contributed by atoms with Crippen molar-refractivity contribution in [1.29, 1.82) is 0 Å². The van der Waals surface area contributed by atoms with Gasteiger partial charge in [0.05, 0.1) is 33.6 Å². The Labute approximate surface area is 542 Å². The van der Waals surface area contributed by atoms with Gasteiger partial charge >= 0.3 is 0 Å². The number of rotatable bonds is 14. The fourth-order valence-electron chi connectivity index (χ4n) is 12.6. The van der Waals surface area contributed by atoms with Crippen molar-refractivity contribution >= 4 is 101 Å². The zero-order valence-electron chi connectivity index (χ0n) is 54.1. The molecule has 14 heteroatoms. The van der Waals surface area contributed by atoms with Crippen LogP contribution in [0, 0.1) is 21.7 Å². The standard InChI is InChI=1S/C80H66N2O12/c1-77(2,3)69(83)47-35-25-36-48(70(84)78(4,5)6)67(47)81-73(87)51-39-55(91-43-27-17-13-18-28-43)61-63-57(93-45-31-21-15-22-32-45)41-53-60-54(76(90)82(75(53)89)68-49(71(85)79(7,8)9)37-26-38-50(68)72(86)80(10,11)12)42-58(94-46-33-23-16-24-34-46)64(66(60)63)62-56(92-44-29-19-14-20-30-44)40-52(74(81)88)59(51)65(61)62/h13-42H,1-12H3. The van der Waals surface area contributed by atoms with Crippen LogP contribution in [0.1, 0.15) is 166 Å². The second-order valence-electron chi connectivity index (χ2n) is 28.0. The zero-order chi connectivity index (χ0) is 66.8. The summed E-state index contributed by atoms with van der Waals surface area (Å²) in [4.78, 5) is 127. The number of fused-ring (bicyclic) bond motifs is 2. The minimum atomic E-state index is -1.06. The molecule has 2 aliphatic rings. The molecule has 0 saturated heterocycles. The van der Waals surface area contributed by atoms with Crippen LogP contribution in [0.5, 0.6) is 46.0 Å². The molecule has 94 heavy (non-hydrogen) atoms. The molecule has 0 N–H and O–H groups in total. The molecule has 0 unspecified atom stereocenters. The van der Waals surface area contributed by atoms with Crippen molar-refractivity contribution in [3.63, 3.8) is 0 Å². The van der Waals surface area contributed by atoms with Gasteiger partial charge in [-0.25, -0.2) is 9.80 Å². The van der Waals surface area contributed by atoms with Crippen LogP contribution >= 0.6 is 0 Å². The smallest absolute Gasteiger partial charge is 0.266 e. The quantitative estimate of drug-likeness (QED) is 0.0436. The van der Waals surface area contributed by atoms with E-state index in [1.807, 2.05) is 24.3 Å². The van der Waals surface area contributed by atoms with E-state index in [4.69, 9.17) is 18.9 Å². The Bertz CT molecular complexity index is 4470. The van der Waals surface area contributed by atoms with Crippen LogP contribution in [0.15, 0.2) is 182 Å². The number of ether oxygens (including phenoxy) is 4. The van der Waals surface area contributed by atoms with E-state index in [0.717, 1.165) is 9.80 Å². The average Bonchev–Trinajstić information content (AvgIpc) is 0.671. The number of imide groups is 2. The van der Waals surface area contributed by atoms with E-state index in [1.165, 1.54) is 48.5 Å². The highest BCUT2D eigenvalue weighted by molar-refractivity contribution is 6.49. The lowest BCUT2D eigenvalue weighted by molar-refractivity contribution is 0.0836. The molecule has 2 aliphatic heterocycles. The molecule has 11 aromatic carbocycles. The molecule has 0 bridgehead atoms. The maximum Gasteiger partial charge on any atom is 0.266 e. The number of carbonyl (C=O) groups excluding carboxylic acids is 8. The van der Waals surface area contributed by atoms with Crippen molar-refractivity contribution in [2.75, 3.05) is 9.80 Å². The number of benzene rings is 11. The molecular formula is C80H66N2O12. The molecule has 0 atom stereocenters. The molecule has 0 aliphatic carbocycles. The van der Waals surface area contributed by atoms with Crippen LogP contribution in [-0.2, 0) is 0 Å². The van der Waals surface area contributed by atoms with Gasteiger partial charge in [0.1, 0.15) is 46.0 Å². The number of anilines is 2. The lowest BCUT2D eigenvalue weighted by Gasteiger charge is -2.35. The molecule has 0 radical (unpaired) electrons. The van der Waals surface area contributed by atoms with Crippen LogP contribution in [0.4, 0.5) is 11.4 Å². The predicted octanol–water partition coefficient (Wildman–Crippen LogP) is 19.4. The van der Waals surface area contributed by atoms with Crippen molar-refractivity contribution in [3.8, 4) is 46.0 Å². The third-order valence-corrected chi connectivity index (χ3v) is 17.0. The summed E-state index contributed by atoms with van der Waals surface area (Å²) >= 11 is 0. The summed E-state index contributed by atoms with van der Waals surface area (Å²) in [5, 5.41) is 1.70. The Morgan fingerprint density at radius 2 is 0.468 bits per heavy atom. The molecule has 0 spiro atoms. The summed E-state index contributed by atoms with van der Waals surface area (Å²) in [6.07, 6.45) is 0. The van der Waals surface area contributed by atoms with Gasteiger partial charge in [0, 0.05) is 87.0 Å². The van der Waals surface area contributed by atoms with Gasteiger partial charge in [-0.05, 0) is 97.1 Å². The topological polar surface area (TPSA) is 180 Å². The summed E-state index contributed by atoms with van der Waals surface area (Å²) in [6, 6.07) is 50.6. The van der Waals surface area contributed by atoms with E-state index in [2.05, 4.69) is 0 Å². The highest BCUT2D eigenvalue weighted by Crippen LogP contribution is 2.59. The van der Waals surface area contributed by atoms with Gasteiger partial charge in [-0.15, -0.1) is 0 Å². The second kappa shape index (κ2) is 22.3. The highest BCUT2D eigenvalue weighted by Gasteiger charge is 2.47. The van der Waals surface area contributed by atoms with Gasteiger partial charge in [-0.3, -0.25) is 38.4 Å². The van der Waals surface area contributed by atoms with Crippen molar-refractivity contribution in [2.24, 2.45) is 21.7 Å². The van der Waals surface area contributed by atoms with E-state index >= 15 is 19.2 Å². The van der Waals surface area contributed by atoms with Gasteiger partial charge < -0.3 is 18.9 Å². The van der Waals surface area contributed by atoms with Gasteiger partial charge in [-0.1, -0.05) is 168 Å². The first-order valence-corrected chi connectivity index (χ1v) is 31.0. The number of carbonyl (C=O) groups is 8. The van der Waals surface area contributed by atoms with E-state index in [9.17, 15) is 19.2 Å². The minimum absolute atomic E-state index is 0.0251. The van der Waals surface area contributed by atoms with Crippen molar-refractivity contribution in [3.05, 3.63) is 226 Å². The fraction of sp³-hybridized carbons (Fsp3) is 0.200. The molecule has 13 rings (SSSR count). The number of Topliss-reactive ketones (excluding diaryl/α,β-unsaturated/α-hetero) is 4. The maximum absolute atomic E-state index is 16.4. The van der Waals surface area contributed by atoms with Gasteiger partial charge in [0.25, 0.3) is 23.6 Å². The number of ketones is 4. The van der Waals surface area contributed by atoms with Crippen molar-refractivity contribution in [1.82, 2.24) is 0 Å². The van der Waals surface area contributed by atoms with Crippen molar-refractivity contribution < 1.29 is 57.3 Å². The van der Waals surface area contributed by atoms with Crippen LogP contribution in [0.2, 0.25) is 0 Å². The Balaban J connectivity index is 1.24. The second-order valence-corrected chi connectivity index (χ2v) is 28.0. The maximum atomic E-state index is 16.4. The third kappa shape index (κ3) is 10.2. The van der Waals surface area contributed by atoms with Gasteiger partial charge in [0.15, 0.2) is 23.1 Å². The van der Waals surface area contributed by atoms with Crippen molar-refractivity contribution in [2.45, 2.75) is 83.1 Å². The first kappa shape index (κ1) is 61.7. The SMILES string of the molecule is CC(C)(C)C(=O)c1cccc(C(=O)C(C)(C)C)c1N1C(=O)c2cc(Oc3ccccc3)c3c4c(Oc5ccccc5)cc5c6c(cc(Oc7ccccc7)c(c7c(Oc8ccccc8)cc(c2c37)C1=O)c64)C(=O)N(c1c(C(=O)C(C)(C)C)cccc1C(=O)C(C)(C)C)C5=O. The number of hydrogen-bond donors (Lipinski definition) is 0. The monoisotopic (exact) mass is 1250 g/mol. The summed E-state index contributed by atoms with van der Waals surface area (Å²) in [5.74, 6) is -3.85. The molecule has 2 heterocycles. The summed E-state index contributed by atoms with van der Waals surface area (Å²) in [6.45, 7) is 20.6. The van der Waals surface area contributed by atoms with Gasteiger partial charge in [-0.2, -0.15) is 0 Å². The minimum Gasteiger partial charge on any atom is -0.457 e. The summed E-state index contributed by atoms with van der Waals surface area (Å²) in [7, 11) is 0. The zero-order valence-corrected chi connectivity index (χ0v) is 54.1. The van der Waals surface area contributed by atoms with Crippen LogP contribution in [-0.4, -0.2) is 46.8 Å². The molecule has 0 aromatic heterocycles. The molecule has 14 nitrogen and oxygen atoms in total. The van der Waals surface area contributed by atoms with Crippen LogP contribution in [0.3, 0.4) is 0 Å². The van der Waals surface area contributed by atoms with E-state index in [0.29, 0.717) is 23.0 Å². The molecule has 4 amide bonds. The molecule has 468 valence electrons. The largest absolute Gasteiger partial charge is 0.457 e.